The van der Waals surface area contributed by atoms with Gasteiger partial charge in [0.2, 0.25) is 5.91 Å². The number of hydroxylamine groups is 1. The van der Waals surface area contributed by atoms with Gasteiger partial charge in [-0.2, -0.15) is 0 Å². The first-order valence-electron chi connectivity index (χ1n) is 9.51. The molecule has 1 aromatic heterocycles. The number of rotatable bonds is 7. The third-order valence-electron chi connectivity index (χ3n) is 4.71. The molecule has 0 fully saturated rings. The van der Waals surface area contributed by atoms with E-state index in [9.17, 15) is 14.7 Å². The molecular formula is C20H29ClN4O4. The van der Waals surface area contributed by atoms with Crippen LogP contribution < -0.4 is 10.8 Å². The van der Waals surface area contributed by atoms with Crippen LogP contribution >= 0.6 is 11.6 Å². The molecular weight excluding hydrogens is 396 g/mol. The predicted octanol–water partition coefficient (Wildman–Crippen LogP) is 2.95. The molecule has 0 bridgehead atoms. The van der Waals surface area contributed by atoms with Crippen molar-refractivity contribution in [3.05, 3.63) is 29.0 Å². The highest BCUT2D eigenvalue weighted by molar-refractivity contribution is 6.31. The third-order valence-corrected chi connectivity index (χ3v) is 4.95. The van der Waals surface area contributed by atoms with E-state index in [4.69, 9.17) is 16.8 Å². The van der Waals surface area contributed by atoms with Crippen molar-refractivity contribution < 1.29 is 19.9 Å². The molecule has 5 N–H and O–H groups in total. The molecule has 2 amide bonds. The number of imidazole rings is 1. The lowest BCUT2D eigenvalue weighted by Crippen LogP contribution is -2.48. The van der Waals surface area contributed by atoms with Crippen molar-refractivity contribution in [1.29, 1.82) is 0 Å². The van der Waals surface area contributed by atoms with Gasteiger partial charge in [-0.15, -0.1) is 0 Å². The molecule has 0 saturated heterocycles. The van der Waals surface area contributed by atoms with Gasteiger partial charge in [0.05, 0.1) is 23.0 Å². The Balaban J connectivity index is 2.36. The first-order valence-corrected chi connectivity index (χ1v) is 9.89. The highest BCUT2D eigenvalue weighted by Crippen LogP contribution is 2.33. The lowest BCUT2D eigenvalue weighted by atomic mass is 9.84. The molecule has 29 heavy (non-hydrogen) atoms. The van der Waals surface area contributed by atoms with Crippen molar-refractivity contribution in [1.82, 2.24) is 20.8 Å². The van der Waals surface area contributed by atoms with Crippen molar-refractivity contribution >= 4 is 34.4 Å². The number of H-pyrrole nitrogens is 1. The fraction of sp³-hybridized carbons (Fsp3) is 0.550. The maximum absolute atomic E-state index is 13.0. The van der Waals surface area contributed by atoms with Crippen molar-refractivity contribution in [3.8, 4) is 0 Å². The molecule has 0 unspecified atom stereocenters. The van der Waals surface area contributed by atoms with Crippen LogP contribution in [0.25, 0.3) is 11.0 Å². The SMILES string of the molecule is CC(C)C[C@@H](C(=O)N[C@H](c1nc2ccc(Cl)cc2[nH]1)C(C)(C)C)[C@H](O)C(=O)NO. The molecule has 0 aliphatic carbocycles. The molecule has 160 valence electrons. The quantitative estimate of drug-likeness (QED) is 0.345. The standard InChI is InChI=1S/C20H29ClN4O4/c1-10(2)8-12(15(26)19(28)25-29)18(27)24-16(20(3,4)5)17-22-13-7-6-11(21)9-14(13)23-17/h6-7,9-10,12,15-16,26,29H,8H2,1-5H3,(H,22,23)(H,24,27)(H,25,28)/t12-,15+,16-/m1/s1. The fourth-order valence-electron chi connectivity index (χ4n) is 3.22. The summed E-state index contributed by atoms with van der Waals surface area (Å²) in [6, 6.07) is 4.77. The predicted molar refractivity (Wildman–Crippen MR) is 110 cm³/mol. The lowest BCUT2D eigenvalue weighted by molar-refractivity contribution is -0.147. The number of hydrogen-bond acceptors (Lipinski definition) is 5. The second-order valence-electron chi connectivity index (χ2n) is 8.75. The number of carbonyl (C=O) groups is 2. The van der Waals surface area contributed by atoms with E-state index >= 15 is 0 Å². The number of aromatic amines is 1. The van der Waals surface area contributed by atoms with Crippen LogP contribution in [0, 0.1) is 17.3 Å². The number of amides is 2. The van der Waals surface area contributed by atoms with Gasteiger partial charge >= 0.3 is 0 Å². The van der Waals surface area contributed by atoms with Gasteiger partial charge in [-0.3, -0.25) is 14.8 Å². The number of aliphatic hydroxyl groups is 1. The number of fused-ring (bicyclic) bond motifs is 1. The topological polar surface area (TPSA) is 127 Å². The van der Waals surface area contributed by atoms with E-state index < -0.39 is 35.3 Å². The van der Waals surface area contributed by atoms with Gasteiger partial charge in [0.1, 0.15) is 11.9 Å². The normalized spacial score (nSPS) is 15.2. The number of nitrogens with one attached hydrogen (secondary N) is 3. The highest BCUT2D eigenvalue weighted by atomic mass is 35.5. The van der Waals surface area contributed by atoms with E-state index in [1.54, 1.807) is 18.2 Å². The Morgan fingerprint density at radius 3 is 2.45 bits per heavy atom. The van der Waals surface area contributed by atoms with Crippen molar-refractivity contribution in [2.45, 2.75) is 53.2 Å². The van der Waals surface area contributed by atoms with Gasteiger partial charge in [0.25, 0.3) is 5.91 Å². The summed E-state index contributed by atoms with van der Waals surface area (Å²) in [6.45, 7) is 9.62. The number of halogens is 1. The van der Waals surface area contributed by atoms with Crippen LogP contribution in [-0.2, 0) is 9.59 Å². The van der Waals surface area contributed by atoms with Crippen molar-refractivity contribution in [2.24, 2.45) is 17.3 Å². The number of nitrogens with zero attached hydrogens (tertiary/aromatic N) is 1. The molecule has 3 atom stereocenters. The number of benzene rings is 1. The van der Waals surface area contributed by atoms with E-state index in [0.717, 1.165) is 5.52 Å². The molecule has 9 heteroatoms. The van der Waals surface area contributed by atoms with Crippen LogP contribution in [-0.4, -0.2) is 38.2 Å². The van der Waals surface area contributed by atoms with Crippen molar-refractivity contribution in [2.75, 3.05) is 0 Å². The second-order valence-corrected chi connectivity index (χ2v) is 9.18. The van der Waals surface area contributed by atoms with E-state index in [-0.39, 0.29) is 12.3 Å². The van der Waals surface area contributed by atoms with Crippen LogP contribution in [0.4, 0.5) is 0 Å². The molecule has 1 aromatic carbocycles. The maximum atomic E-state index is 13.0. The smallest absolute Gasteiger partial charge is 0.272 e. The van der Waals surface area contributed by atoms with E-state index in [1.165, 1.54) is 5.48 Å². The lowest BCUT2D eigenvalue weighted by Gasteiger charge is -2.32. The van der Waals surface area contributed by atoms with Crippen LogP contribution in [0.5, 0.6) is 0 Å². The summed E-state index contributed by atoms with van der Waals surface area (Å²) in [5.74, 6) is -1.93. The van der Waals surface area contributed by atoms with Gasteiger partial charge in [0, 0.05) is 5.02 Å². The van der Waals surface area contributed by atoms with Crippen LogP contribution in [0.15, 0.2) is 18.2 Å². The van der Waals surface area contributed by atoms with E-state index in [1.807, 2.05) is 34.6 Å². The first kappa shape index (κ1) is 23.1. The largest absolute Gasteiger partial charge is 0.382 e. The Morgan fingerprint density at radius 1 is 1.24 bits per heavy atom. The van der Waals surface area contributed by atoms with Gasteiger partial charge in [-0.25, -0.2) is 10.5 Å². The average molecular weight is 425 g/mol. The molecule has 0 saturated carbocycles. The molecule has 0 aliphatic rings. The number of carbonyl (C=O) groups excluding carboxylic acids is 2. The van der Waals surface area contributed by atoms with Crippen LogP contribution in [0.1, 0.15) is 52.9 Å². The average Bonchev–Trinajstić information content (AvgIpc) is 3.03. The molecule has 1 heterocycles. The highest BCUT2D eigenvalue weighted by Gasteiger charge is 2.37. The Bertz CT molecular complexity index is 875. The minimum absolute atomic E-state index is 0.0494. The zero-order valence-corrected chi connectivity index (χ0v) is 18.0. The fourth-order valence-corrected chi connectivity index (χ4v) is 3.39. The molecule has 0 radical (unpaired) electrons. The Kier molecular flexibility index (Phi) is 7.26. The monoisotopic (exact) mass is 424 g/mol. The van der Waals surface area contributed by atoms with Crippen molar-refractivity contribution in [3.63, 3.8) is 0 Å². The number of aliphatic hydroxyl groups excluding tert-OH is 1. The van der Waals surface area contributed by atoms with Crippen LogP contribution in [0.2, 0.25) is 5.02 Å². The van der Waals surface area contributed by atoms with Gasteiger partial charge < -0.3 is 15.4 Å². The Labute approximate surface area is 175 Å². The van der Waals surface area contributed by atoms with Gasteiger partial charge in [0.15, 0.2) is 0 Å². The summed E-state index contributed by atoms with van der Waals surface area (Å²) in [7, 11) is 0. The molecule has 0 aliphatic heterocycles. The number of aromatic nitrogens is 2. The summed E-state index contributed by atoms with van der Waals surface area (Å²) >= 11 is 6.05. The first-order chi connectivity index (χ1) is 13.4. The Hall–Kier alpha value is -2.16. The van der Waals surface area contributed by atoms with Crippen LogP contribution in [0.3, 0.4) is 0 Å². The summed E-state index contributed by atoms with van der Waals surface area (Å²) in [6.07, 6.45) is -1.40. The third kappa shape index (κ3) is 5.68. The summed E-state index contributed by atoms with van der Waals surface area (Å²) in [5, 5.41) is 22.6. The summed E-state index contributed by atoms with van der Waals surface area (Å²) in [4.78, 5) is 32.5. The molecule has 8 nitrogen and oxygen atoms in total. The zero-order chi connectivity index (χ0) is 21.9. The maximum Gasteiger partial charge on any atom is 0.272 e. The zero-order valence-electron chi connectivity index (χ0n) is 17.3. The second kappa shape index (κ2) is 9.11. The number of hydrogen-bond donors (Lipinski definition) is 5. The molecule has 2 rings (SSSR count). The molecule has 0 spiro atoms. The minimum Gasteiger partial charge on any atom is -0.382 e. The molecule has 2 aromatic rings. The van der Waals surface area contributed by atoms with Gasteiger partial charge in [-0.05, 0) is 36.0 Å². The van der Waals surface area contributed by atoms with Gasteiger partial charge in [-0.1, -0.05) is 46.2 Å². The van der Waals surface area contributed by atoms with E-state index in [2.05, 4.69) is 15.3 Å². The Morgan fingerprint density at radius 2 is 1.90 bits per heavy atom. The minimum atomic E-state index is -1.67. The van der Waals surface area contributed by atoms with E-state index in [0.29, 0.717) is 16.4 Å². The summed E-state index contributed by atoms with van der Waals surface area (Å²) < 4.78 is 0. The summed E-state index contributed by atoms with van der Waals surface area (Å²) in [5.41, 5.74) is 2.45.